The Balaban J connectivity index is 2.88. The first-order chi connectivity index (χ1) is 8.24. The van der Waals surface area contributed by atoms with E-state index in [2.05, 4.69) is 11.0 Å². The van der Waals surface area contributed by atoms with E-state index < -0.39 is 0 Å². The molecular weight excluding hydrogens is 236 g/mol. The summed E-state index contributed by atoms with van der Waals surface area (Å²) in [6.45, 7) is 6.96. The summed E-state index contributed by atoms with van der Waals surface area (Å²) in [4.78, 5) is 2.10. The number of halogens is 1. The van der Waals surface area contributed by atoms with Gasteiger partial charge in [0.2, 0.25) is 0 Å². The van der Waals surface area contributed by atoms with Crippen molar-refractivity contribution in [3.63, 3.8) is 0 Å². The third-order valence-electron chi connectivity index (χ3n) is 2.54. The van der Waals surface area contributed by atoms with Crippen molar-refractivity contribution in [2.75, 3.05) is 31.2 Å². The SMILES string of the molecule is CCOCCN(CC)c1cccc(Cl)c1C#N. The molecule has 0 aliphatic carbocycles. The van der Waals surface area contributed by atoms with Crippen LogP contribution in [0.3, 0.4) is 0 Å². The molecule has 0 amide bonds. The molecule has 0 atom stereocenters. The predicted octanol–water partition coefficient (Wildman–Crippen LogP) is 3.07. The molecule has 4 heteroatoms. The van der Waals surface area contributed by atoms with Gasteiger partial charge >= 0.3 is 0 Å². The van der Waals surface area contributed by atoms with Crippen LogP contribution in [0.5, 0.6) is 0 Å². The normalized spacial score (nSPS) is 10.0. The van der Waals surface area contributed by atoms with Gasteiger partial charge in [-0.3, -0.25) is 0 Å². The van der Waals surface area contributed by atoms with E-state index in [0.717, 1.165) is 18.8 Å². The Morgan fingerprint density at radius 2 is 2.18 bits per heavy atom. The maximum Gasteiger partial charge on any atom is 0.103 e. The molecule has 1 rings (SSSR count). The minimum Gasteiger partial charge on any atom is -0.380 e. The number of hydrogen-bond acceptors (Lipinski definition) is 3. The Bertz CT molecular complexity index is 401. The van der Waals surface area contributed by atoms with Gasteiger partial charge in [0.1, 0.15) is 6.07 Å². The number of ether oxygens (including phenoxy) is 1. The molecule has 0 N–H and O–H groups in total. The van der Waals surface area contributed by atoms with Gasteiger partial charge in [-0.15, -0.1) is 0 Å². The number of likely N-dealkylation sites (N-methyl/N-ethyl adjacent to an activating group) is 1. The standard InChI is InChI=1S/C13H17ClN2O/c1-3-16(8-9-17-4-2)13-7-5-6-12(14)11(13)10-15/h5-7H,3-4,8-9H2,1-2H3. The zero-order valence-corrected chi connectivity index (χ0v) is 11.0. The number of rotatable bonds is 6. The van der Waals surface area contributed by atoms with Gasteiger partial charge in [-0.2, -0.15) is 5.26 Å². The fourth-order valence-electron chi connectivity index (χ4n) is 1.65. The average Bonchev–Trinajstić information content (AvgIpc) is 2.34. The summed E-state index contributed by atoms with van der Waals surface area (Å²) < 4.78 is 5.33. The summed E-state index contributed by atoms with van der Waals surface area (Å²) in [5.41, 5.74) is 1.41. The van der Waals surface area contributed by atoms with E-state index >= 15 is 0 Å². The van der Waals surface area contributed by atoms with Crippen molar-refractivity contribution in [1.82, 2.24) is 0 Å². The quantitative estimate of drug-likeness (QED) is 0.730. The second-order valence-corrected chi connectivity index (χ2v) is 3.93. The molecule has 0 spiro atoms. The lowest BCUT2D eigenvalue weighted by Crippen LogP contribution is -2.27. The molecule has 0 heterocycles. The van der Waals surface area contributed by atoms with Crippen LogP contribution in [0.1, 0.15) is 19.4 Å². The number of hydrogen-bond donors (Lipinski definition) is 0. The van der Waals surface area contributed by atoms with Crippen LogP contribution >= 0.6 is 11.6 Å². The van der Waals surface area contributed by atoms with Gasteiger partial charge in [-0.05, 0) is 26.0 Å². The first-order valence-corrected chi connectivity index (χ1v) is 6.13. The molecule has 0 aliphatic heterocycles. The zero-order valence-electron chi connectivity index (χ0n) is 10.2. The van der Waals surface area contributed by atoms with E-state index in [4.69, 9.17) is 21.6 Å². The van der Waals surface area contributed by atoms with Gasteiger partial charge < -0.3 is 9.64 Å². The lowest BCUT2D eigenvalue weighted by atomic mass is 10.1. The van der Waals surface area contributed by atoms with Crippen LogP contribution in [0.4, 0.5) is 5.69 Å². The molecule has 92 valence electrons. The highest BCUT2D eigenvalue weighted by atomic mass is 35.5. The van der Waals surface area contributed by atoms with E-state index in [1.165, 1.54) is 0 Å². The second kappa shape index (κ2) is 7.16. The molecule has 1 aromatic carbocycles. The summed E-state index contributed by atoms with van der Waals surface area (Å²) in [6, 6.07) is 7.67. The molecule has 0 bridgehead atoms. The van der Waals surface area contributed by atoms with E-state index in [0.29, 0.717) is 23.8 Å². The smallest absolute Gasteiger partial charge is 0.103 e. The predicted molar refractivity (Wildman–Crippen MR) is 70.5 cm³/mol. The van der Waals surface area contributed by atoms with Crippen LogP contribution in [0, 0.1) is 11.3 Å². The van der Waals surface area contributed by atoms with Gasteiger partial charge in [0.05, 0.1) is 22.9 Å². The van der Waals surface area contributed by atoms with E-state index in [1.807, 2.05) is 26.0 Å². The fourth-order valence-corrected chi connectivity index (χ4v) is 1.87. The molecule has 0 saturated heterocycles. The van der Waals surface area contributed by atoms with Crippen molar-refractivity contribution in [3.05, 3.63) is 28.8 Å². The molecule has 3 nitrogen and oxygen atoms in total. The molecule has 0 unspecified atom stereocenters. The van der Waals surface area contributed by atoms with Crippen LogP contribution < -0.4 is 4.90 Å². The first-order valence-electron chi connectivity index (χ1n) is 5.75. The monoisotopic (exact) mass is 252 g/mol. The highest BCUT2D eigenvalue weighted by Gasteiger charge is 2.11. The Labute approximate surface area is 108 Å². The highest BCUT2D eigenvalue weighted by molar-refractivity contribution is 6.32. The van der Waals surface area contributed by atoms with Gasteiger partial charge in [0.25, 0.3) is 0 Å². The molecule has 0 saturated carbocycles. The minimum absolute atomic E-state index is 0.500. The summed E-state index contributed by atoms with van der Waals surface area (Å²) in [5, 5.41) is 9.62. The maximum absolute atomic E-state index is 9.12. The third-order valence-corrected chi connectivity index (χ3v) is 2.85. The van der Waals surface area contributed by atoms with Crippen molar-refractivity contribution in [2.24, 2.45) is 0 Å². The van der Waals surface area contributed by atoms with E-state index in [-0.39, 0.29) is 0 Å². The number of nitrogens with zero attached hydrogens (tertiary/aromatic N) is 2. The fraction of sp³-hybridized carbons (Fsp3) is 0.462. The number of anilines is 1. The molecular formula is C13H17ClN2O. The van der Waals surface area contributed by atoms with Crippen LogP contribution in [0.2, 0.25) is 5.02 Å². The molecule has 0 fully saturated rings. The Morgan fingerprint density at radius 3 is 2.76 bits per heavy atom. The van der Waals surface area contributed by atoms with E-state index in [1.54, 1.807) is 6.07 Å². The lowest BCUT2D eigenvalue weighted by Gasteiger charge is -2.24. The van der Waals surface area contributed by atoms with Crippen molar-refractivity contribution in [2.45, 2.75) is 13.8 Å². The second-order valence-electron chi connectivity index (χ2n) is 3.52. The Morgan fingerprint density at radius 1 is 1.41 bits per heavy atom. The number of nitriles is 1. The van der Waals surface area contributed by atoms with E-state index in [9.17, 15) is 0 Å². The van der Waals surface area contributed by atoms with Gasteiger partial charge in [-0.1, -0.05) is 17.7 Å². The lowest BCUT2D eigenvalue weighted by molar-refractivity contribution is 0.154. The Hall–Kier alpha value is -1.24. The summed E-state index contributed by atoms with van der Waals surface area (Å²) in [6.07, 6.45) is 0. The first kappa shape index (κ1) is 13.8. The van der Waals surface area contributed by atoms with Crippen LogP contribution in [0.25, 0.3) is 0 Å². The van der Waals surface area contributed by atoms with Crippen LogP contribution in [0.15, 0.2) is 18.2 Å². The topological polar surface area (TPSA) is 36.3 Å². The van der Waals surface area contributed by atoms with Crippen LogP contribution in [-0.2, 0) is 4.74 Å². The maximum atomic E-state index is 9.12. The average molecular weight is 253 g/mol. The van der Waals surface area contributed by atoms with Crippen molar-refractivity contribution >= 4 is 17.3 Å². The molecule has 17 heavy (non-hydrogen) atoms. The third kappa shape index (κ3) is 3.62. The zero-order chi connectivity index (χ0) is 12.7. The Kier molecular flexibility index (Phi) is 5.82. The molecule has 0 radical (unpaired) electrons. The number of benzene rings is 1. The van der Waals surface area contributed by atoms with Gasteiger partial charge in [0.15, 0.2) is 0 Å². The van der Waals surface area contributed by atoms with Crippen LogP contribution in [-0.4, -0.2) is 26.3 Å². The summed E-state index contributed by atoms with van der Waals surface area (Å²) >= 11 is 6.01. The van der Waals surface area contributed by atoms with Crippen molar-refractivity contribution in [1.29, 1.82) is 5.26 Å². The van der Waals surface area contributed by atoms with Crippen molar-refractivity contribution in [3.8, 4) is 6.07 Å². The van der Waals surface area contributed by atoms with Gasteiger partial charge in [0, 0.05) is 19.7 Å². The molecule has 0 aliphatic rings. The molecule has 1 aromatic rings. The summed E-state index contributed by atoms with van der Waals surface area (Å²) in [5.74, 6) is 0. The molecule has 0 aromatic heterocycles. The largest absolute Gasteiger partial charge is 0.380 e. The highest BCUT2D eigenvalue weighted by Crippen LogP contribution is 2.26. The van der Waals surface area contributed by atoms with Crippen molar-refractivity contribution < 1.29 is 4.74 Å². The van der Waals surface area contributed by atoms with Gasteiger partial charge in [-0.25, -0.2) is 0 Å². The summed E-state index contributed by atoms with van der Waals surface area (Å²) in [7, 11) is 0. The minimum atomic E-state index is 0.500.